The molecule has 0 aromatic heterocycles. The smallest absolute Gasteiger partial charge is 0.0184 e. The molecule has 1 N–H and O–H groups in total. The second-order valence-electron chi connectivity index (χ2n) is 2.75. The molecule has 0 aromatic rings. The molecule has 1 heteroatoms. The molecular formula is C8H18N. The van der Waals surface area contributed by atoms with Crippen molar-refractivity contribution in [2.24, 2.45) is 0 Å². The zero-order valence-corrected chi connectivity index (χ0v) is 6.61. The maximum absolute atomic E-state index is 7.21. The predicted molar refractivity (Wildman–Crippen MR) is 41.3 cm³/mol. The third kappa shape index (κ3) is 7.96. The molecule has 0 spiro atoms. The van der Waals surface area contributed by atoms with Gasteiger partial charge in [0.15, 0.2) is 0 Å². The van der Waals surface area contributed by atoms with E-state index in [0.717, 1.165) is 6.42 Å². The number of hydrogen-bond donors (Lipinski definition) is 0. The Balaban J connectivity index is 2.75. The average Bonchev–Trinajstić information content (AvgIpc) is 1.80. The van der Waals surface area contributed by atoms with E-state index in [-0.39, 0.29) is 6.04 Å². The van der Waals surface area contributed by atoms with Crippen LogP contribution in [0.1, 0.15) is 46.0 Å². The van der Waals surface area contributed by atoms with Crippen LogP contribution in [0.3, 0.4) is 0 Å². The van der Waals surface area contributed by atoms with Gasteiger partial charge in [-0.1, -0.05) is 32.6 Å². The third-order valence-corrected chi connectivity index (χ3v) is 1.49. The van der Waals surface area contributed by atoms with Crippen LogP contribution < -0.4 is 5.73 Å². The normalized spacial score (nSPS) is 13.7. The zero-order chi connectivity index (χ0) is 7.11. The highest BCUT2D eigenvalue weighted by Gasteiger charge is 1.92. The van der Waals surface area contributed by atoms with Gasteiger partial charge in [0.25, 0.3) is 0 Å². The summed E-state index contributed by atoms with van der Waals surface area (Å²) in [4.78, 5) is 0. The molecule has 0 aliphatic heterocycles. The van der Waals surface area contributed by atoms with Crippen LogP contribution >= 0.6 is 0 Å². The van der Waals surface area contributed by atoms with Gasteiger partial charge in [-0.05, 0) is 13.3 Å². The van der Waals surface area contributed by atoms with Crippen molar-refractivity contribution in [3.63, 3.8) is 0 Å². The fourth-order valence-corrected chi connectivity index (χ4v) is 0.877. The van der Waals surface area contributed by atoms with E-state index in [9.17, 15) is 0 Å². The van der Waals surface area contributed by atoms with E-state index >= 15 is 0 Å². The molecule has 1 atom stereocenters. The van der Waals surface area contributed by atoms with E-state index in [1.807, 2.05) is 6.92 Å². The highest BCUT2D eigenvalue weighted by molar-refractivity contribution is 4.51. The third-order valence-electron chi connectivity index (χ3n) is 1.49. The standard InChI is InChI=1S/C8H18N/c1-3-4-5-6-7-8(2)9/h8-9H,3-7H2,1-2H3. The molecular weight excluding hydrogens is 110 g/mol. The minimum atomic E-state index is 0.154. The summed E-state index contributed by atoms with van der Waals surface area (Å²) in [7, 11) is 0. The fraction of sp³-hybridized carbons (Fsp3) is 1.00. The molecule has 0 fully saturated rings. The maximum atomic E-state index is 7.21. The van der Waals surface area contributed by atoms with Crippen molar-refractivity contribution in [1.82, 2.24) is 5.73 Å². The lowest BCUT2D eigenvalue weighted by Crippen LogP contribution is -2.00. The second-order valence-corrected chi connectivity index (χ2v) is 2.75. The Morgan fingerprint density at radius 1 is 1.22 bits per heavy atom. The molecule has 0 aliphatic carbocycles. The van der Waals surface area contributed by atoms with Gasteiger partial charge in [-0.2, -0.15) is 0 Å². The minimum absolute atomic E-state index is 0.154. The van der Waals surface area contributed by atoms with Crippen molar-refractivity contribution in [3.8, 4) is 0 Å². The lowest BCUT2D eigenvalue weighted by molar-refractivity contribution is 0.566. The van der Waals surface area contributed by atoms with Crippen LogP contribution in [0.5, 0.6) is 0 Å². The van der Waals surface area contributed by atoms with E-state index in [0.29, 0.717) is 0 Å². The van der Waals surface area contributed by atoms with Crippen LogP contribution in [0.15, 0.2) is 0 Å². The van der Waals surface area contributed by atoms with Crippen LogP contribution in [0.25, 0.3) is 0 Å². The van der Waals surface area contributed by atoms with Gasteiger partial charge in [0.05, 0.1) is 0 Å². The Hall–Kier alpha value is -0.0400. The van der Waals surface area contributed by atoms with Gasteiger partial charge < -0.3 is 0 Å². The van der Waals surface area contributed by atoms with Gasteiger partial charge in [-0.3, -0.25) is 5.73 Å². The van der Waals surface area contributed by atoms with Crippen LogP contribution in [-0.2, 0) is 0 Å². The highest BCUT2D eigenvalue weighted by atomic mass is 14.6. The SMILES string of the molecule is CCCCCCC(C)[NH]. The van der Waals surface area contributed by atoms with Crippen molar-refractivity contribution in [1.29, 1.82) is 0 Å². The first kappa shape index (κ1) is 8.96. The molecule has 0 saturated carbocycles. The lowest BCUT2D eigenvalue weighted by Gasteiger charge is -2.01. The highest BCUT2D eigenvalue weighted by Crippen LogP contribution is 2.03. The van der Waals surface area contributed by atoms with Crippen LogP contribution in [0.4, 0.5) is 0 Å². The molecule has 0 amide bonds. The summed E-state index contributed by atoms with van der Waals surface area (Å²) in [6, 6.07) is 0.154. The topological polar surface area (TPSA) is 23.8 Å². The van der Waals surface area contributed by atoms with E-state index in [4.69, 9.17) is 5.73 Å². The van der Waals surface area contributed by atoms with Crippen molar-refractivity contribution < 1.29 is 0 Å². The molecule has 0 heterocycles. The van der Waals surface area contributed by atoms with Gasteiger partial charge in [-0.15, -0.1) is 0 Å². The van der Waals surface area contributed by atoms with Crippen LogP contribution in [0.2, 0.25) is 0 Å². The fourth-order valence-electron chi connectivity index (χ4n) is 0.877. The van der Waals surface area contributed by atoms with Gasteiger partial charge in [0.2, 0.25) is 0 Å². The number of rotatable bonds is 5. The predicted octanol–water partition coefficient (Wildman–Crippen LogP) is 2.63. The Labute approximate surface area is 58.6 Å². The van der Waals surface area contributed by atoms with Gasteiger partial charge in [0, 0.05) is 6.04 Å². The van der Waals surface area contributed by atoms with Crippen LogP contribution in [-0.4, -0.2) is 6.04 Å². The summed E-state index contributed by atoms with van der Waals surface area (Å²) in [6.45, 7) is 4.18. The summed E-state index contributed by atoms with van der Waals surface area (Å²) in [5.74, 6) is 0. The first-order chi connectivity index (χ1) is 4.27. The molecule has 0 aromatic carbocycles. The summed E-state index contributed by atoms with van der Waals surface area (Å²) in [6.07, 6.45) is 6.29. The second kappa shape index (κ2) is 6.09. The Morgan fingerprint density at radius 3 is 2.33 bits per heavy atom. The molecule has 1 nitrogen and oxygen atoms in total. The summed E-state index contributed by atoms with van der Waals surface area (Å²) >= 11 is 0. The zero-order valence-electron chi connectivity index (χ0n) is 6.61. The van der Waals surface area contributed by atoms with Crippen molar-refractivity contribution in [3.05, 3.63) is 0 Å². The monoisotopic (exact) mass is 128 g/mol. The van der Waals surface area contributed by atoms with Crippen molar-refractivity contribution in [2.75, 3.05) is 0 Å². The molecule has 0 bridgehead atoms. The summed E-state index contributed by atoms with van der Waals surface area (Å²) < 4.78 is 0. The minimum Gasteiger partial charge on any atom is -0.255 e. The van der Waals surface area contributed by atoms with E-state index in [1.54, 1.807) is 0 Å². The largest absolute Gasteiger partial charge is 0.255 e. The van der Waals surface area contributed by atoms with E-state index < -0.39 is 0 Å². The molecule has 1 unspecified atom stereocenters. The van der Waals surface area contributed by atoms with Gasteiger partial charge >= 0.3 is 0 Å². The quantitative estimate of drug-likeness (QED) is 0.508. The van der Waals surface area contributed by atoms with Crippen LogP contribution in [0, 0.1) is 0 Å². The number of unbranched alkanes of at least 4 members (excludes halogenated alkanes) is 3. The Bertz CT molecular complexity index is 50.5. The molecule has 0 saturated heterocycles. The molecule has 0 aliphatic rings. The van der Waals surface area contributed by atoms with Gasteiger partial charge in [0.1, 0.15) is 0 Å². The molecule has 55 valence electrons. The first-order valence-corrected chi connectivity index (χ1v) is 3.98. The lowest BCUT2D eigenvalue weighted by atomic mass is 10.1. The van der Waals surface area contributed by atoms with E-state index in [1.165, 1.54) is 25.7 Å². The van der Waals surface area contributed by atoms with Crippen molar-refractivity contribution >= 4 is 0 Å². The maximum Gasteiger partial charge on any atom is 0.0184 e. The Morgan fingerprint density at radius 2 is 1.89 bits per heavy atom. The number of hydrogen-bond acceptors (Lipinski definition) is 0. The Kier molecular flexibility index (Phi) is 6.06. The average molecular weight is 128 g/mol. The molecule has 9 heavy (non-hydrogen) atoms. The first-order valence-electron chi connectivity index (χ1n) is 3.98. The summed E-state index contributed by atoms with van der Waals surface area (Å²) in [5, 5.41) is 0. The van der Waals surface area contributed by atoms with Gasteiger partial charge in [-0.25, -0.2) is 0 Å². The van der Waals surface area contributed by atoms with Crippen molar-refractivity contribution in [2.45, 2.75) is 52.0 Å². The molecule has 1 radical (unpaired) electrons. The summed E-state index contributed by atoms with van der Waals surface area (Å²) in [5.41, 5.74) is 7.21. The molecule has 0 rings (SSSR count). The van der Waals surface area contributed by atoms with E-state index in [2.05, 4.69) is 6.92 Å². The number of nitrogens with one attached hydrogen (secondary N) is 1.